The molecule has 2 aromatic heterocycles. The molecule has 0 radical (unpaired) electrons. The van der Waals surface area contributed by atoms with E-state index in [4.69, 9.17) is 0 Å². The van der Waals surface area contributed by atoms with E-state index in [1.54, 1.807) is 0 Å². The molecule has 178 valence electrons. The second-order valence-electron chi connectivity index (χ2n) is 9.83. The van der Waals surface area contributed by atoms with Crippen molar-refractivity contribution in [2.75, 3.05) is 13.2 Å². The fraction of sp³-hybridized carbons (Fsp3) is 0.600. The first kappa shape index (κ1) is 23.6. The van der Waals surface area contributed by atoms with Crippen molar-refractivity contribution < 1.29 is 5.11 Å². The Hall–Kier alpha value is -2.58. The van der Waals surface area contributed by atoms with Gasteiger partial charge in [0.05, 0.1) is 24.2 Å². The number of fused-ring (bicyclic) bond motifs is 1. The van der Waals surface area contributed by atoms with E-state index in [2.05, 4.69) is 58.3 Å². The summed E-state index contributed by atoms with van der Waals surface area (Å²) < 4.78 is 2.01. The number of benzene rings is 1. The fourth-order valence-corrected chi connectivity index (χ4v) is 5.38. The minimum Gasteiger partial charge on any atom is -0.395 e. The van der Waals surface area contributed by atoms with Crippen molar-refractivity contribution in [3.63, 3.8) is 0 Å². The van der Waals surface area contributed by atoms with Crippen LogP contribution in [0.15, 0.2) is 23.0 Å². The highest BCUT2D eigenvalue weighted by molar-refractivity contribution is 5.82. The summed E-state index contributed by atoms with van der Waals surface area (Å²) in [5.41, 5.74) is 3.70. The molecule has 2 heterocycles. The molecule has 1 saturated carbocycles. The predicted molar refractivity (Wildman–Crippen MR) is 129 cm³/mol. The number of aryl methyl sites for hydroxylation is 2. The van der Waals surface area contributed by atoms with Crippen LogP contribution in [-0.2, 0) is 6.54 Å². The second-order valence-corrected chi connectivity index (χ2v) is 9.83. The van der Waals surface area contributed by atoms with Crippen LogP contribution in [0.2, 0.25) is 0 Å². The first-order valence-corrected chi connectivity index (χ1v) is 12.1. The van der Waals surface area contributed by atoms with Crippen LogP contribution in [0.1, 0.15) is 80.6 Å². The third kappa shape index (κ3) is 5.01. The third-order valence-electron chi connectivity index (χ3n) is 6.86. The van der Waals surface area contributed by atoms with Gasteiger partial charge in [-0.05, 0) is 66.1 Å². The summed E-state index contributed by atoms with van der Waals surface area (Å²) in [6.45, 7) is 9.22. The zero-order valence-corrected chi connectivity index (χ0v) is 20.2. The largest absolute Gasteiger partial charge is 0.395 e. The number of H-pyrrole nitrogens is 1. The molecule has 0 bridgehead atoms. The van der Waals surface area contributed by atoms with E-state index in [1.807, 2.05) is 17.7 Å². The maximum absolute atomic E-state index is 13.0. The smallest absolute Gasteiger partial charge is 0.252 e. The van der Waals surface area contributed by atoms with Gasteiger partial charge in [-0.15, -0.1) is 5.10 Å². The van der Waals surface area contributed by atoms with Crippen LogP contribution in [0.25, 0.3) is 10.9 Å². The number of rotatable bonds is 8. The number of aromatic amines is 1. The van der Waals surface area contributed by atoms with Crippen molar-refractivity contribution in [3.05, 3.63) is 51.1 Å². The minimum atomic E-state index is -0.108. The van der Waals surface area contributed by atoms with Crippen LogP contribution >= 0.6 is 0 Å². The average molecular weight is 453 g/mol. The van der Waals surface area contributed by atoms with Crippen LogP contribution in [-0.4, -0.2) is 48.3 Å². The van der Waals surface area contributed by atoms with Gasteiger partial charge >= 0.3 is 0 Å². The highest BCUT2D eigenvalue weighted by Gasteiger charge is 2.32. The Morgan fingerprint density at radius 2 is 1.94 bits per heavy atom. The van der Waals surface area contributed by atoms with Crippen molar-refractivity contribution in [2.45, 2.75) is 78.4 Å². The van der Waals surface area contributed by atoms with E-state index in [0.29, 0.717) is 24.7 Å². The summed E-state index contributed by atoms with van der Waals surface area (Å²) in [5, 5.41) is 23.8. The second kappa shape index (κ2) is 10.1. The highest BCUT2D eigenvalue weighted by Crippen LogP contribution is 2.33. The Labute approximate surface area is 195 Å². The first-order chi connectivity index (χ1) is 15.9. The Morgan fingerprint density at radius 1 is 1.18 bits per heavy atom. The van der Waals surface area contributed by atoms with Crippen molar-refractivity contribution in [2.24, 2.45) is 5.92 Å². The molecule has 1 aromatic carbocycles. The van der Waals surface area contributed by atoms with Crippen LogP contribution in [0.3, 0.4) is 0 Å². The molecule has 1 atom stereocenters. The Balaban J connectivity index is 1.71. The maximum Gasteiger partial charge on any atom is 0.252 e. The van der Waals surface area contributed by atoms with E-state index in [9.17, 15) is 9.90 Å². The lowest BCUT2D eigenvalue weighted by Crippen LogP contribution is -2.38. The standard InChI is InChI=1S/C25H36N6O2/c1-16(2)23(24-27-28-29-31(24)21-8-6-5-7-9-21)30(10-11-32)15-20-14-19-13-17(3)12-18(4)22(19)26-25(20)33/h12-14,16,21,23,32H,5-11,15H2,1-4H3,(H,26,33). The topological polar surface area (TPSA) is 99.9 Å². The van der Waals surface area contributed by atoms with Crippen LogP contribution in [0, 0.1) is 19.8 Å². The van der Waals surface area contributed by atoms with Gasteiger partial charge in [0.25, 0.3) is 5.56 Å². The molecule has 3 aromatic rings. The van der Waals surface area contributed by atoms with Crippen molar-refractivity contribution >= 4 is 10.9 Å². The van der Waals surface area contributed by atoms with Gasteiger partial charge in [0.2, 0.25) is 0 Å². The Bertz CT molecular complexity index is 1150. The molecular weight excluding hydrogens is 416 g/mol. The molecule has 1 fully saturated rings. The van der Waals surface area contributed by atoms with E-state index in [0.717, 1.165) is 40.7 Å². The molecule has 2 N–H and O–H groups in total. The van der Waals surface area contributed by atoms with Gasteiger partial charge in [-0.25, -0.2) is 4.68 Å². The first-order valence-electron chi connectivity index (χ1n) is 12.1. The number of tetrazole rings is 1. The van der Waals surface area contributed by atoms with Gasteiger partial charge in [0.1, 0.15) is 0 Å². The predicted octanol–water partition coefficient (Wildman–Crippen LogP) is 3.83. The average Bonchev–Trinajstić information content (AvgIpc) is 3.25. The Kier molecular flexibility index (Phi) is 7.24. The van der Waals surface area contributed by atoms with Crippen molar-refractivity contribution in [1.82, 2.24) is 30.1 Å². The van der Waals surface area contributed by atoms with Crippen LogP contribution in [0.5, 0.6) is 0 Å². The minimum absolute atomic E-state index is 0.00207. The molecule has 0 spiro atoms. The maximum atomic E-state index is 13.0. The molecule has 1 aliphatic carbocycles. The molecule has 1 unspecified atom stereocenters. The number of aromatic nitrogens is 5. The molecule has 0 aliphatic heterocycles. The van der Waals surface area contributed by atoms with Gasteiger partial charge in [-0.2, -0.15) is 0 Å². The molecule has 1 aliphatic rings. The summed E-state index contributed by atoms with van der Waals surface area (Å²) in [7, 11) is 0. The highest BCUT2D eigenvalue weighted by atomic mass is 16.3. The summed E-state index contributed by atoms with van der Waals surface area (Å²) in [5.74, 6) is 1.03. The van der Waals surface area contributed by atoms with Crippen LogP contribution < -0.4 is 5.56 Å². The lowest BCUT2D eigenvalue weighted by Gasteiger charge is -2.34. The summed E-state index contributed by atoms with van der Waals surface area (Å²) in [6.07, 6.45) is 5.84. The van der Waals surface area contributed by atoms with E-state index in [-0.39, 0.29) is 24.1 Å². The van der Waals surface area contributed by atoms with Gasteiger partial charge in [-0.3, -0.25) is 9.69 Å². The summed E-state index contributed by atoms with van der Waals surface area (Å²) in [4.78, 5) is 18.2. The molecule has 8 nitrogen and oxygen atoms in total. The zero-order valence-electron chi connectivity index (χ0n) is 20.2. The number of hydrogen-bond donors (Lipinski definition) is 2. The molecule has 33 heavy (non-hydrogen) atoms. The van der Waals surface area contributed by atoms with E-state index < -0.39 is 0 Å². The number of aliphatic hydroxyl groups excluding tert-OH is 1. The fourth-order valence-electron chi connectivity index (χ4n) is 5.38. The van der Waals surface area contributed by atoms with Crippen LogP contribution in [0.4, 0.5) is 0 Å². The van der Waals surface area contributed by atoms with Gasteiger partial charge < -0.3 is 10.1 Å². The summed E-state index contributed by atoms with van der Waals surface area (Å²) in [6, 6.07) is 6.37. The lowest BCUT2D eigenvalue weighted by atomic mass is 9.94. The number of pyridine rings is 1. The third-order valence-corrected chi connectivity index (χ3v) is 6.86. The molecule has 8 heteroatoms. The number of hydrogen-bond acceptors (Lipinski definition) is 6. The SMILES string of the molecule is Cc1cc(C)c2[nH]c(=O)c(CN(CCO)C(c3nnnn3C3CCCCC3)C(C)C)cc2c1. The number of aliphatic hydroxyl groups is 1. The number of nitrogens with zero attached hydrogens (tertiary/aromatic N) is 5. The molecular formula is C25H36N6O2. The normalized spacial score (nSPS) is 16.2. The quantitative estimate of drug-likeness (QED) is 0.539. The van der Waals surface area contributed by atoms with Gasteiger partial charge in [0, 0.05) is 18.7 Å². The summed E-state index contributed by atoms with van der Waals surface area (Å²) >= 11 is 0. The van der Waals surface area contributed by atoms with E-state index in [1.165, 1.54) is 19.3 Å². The van der Waals surface area contributed by atoms with Crippen molar-refractivity contribution in [3.8, 4) is 0 Å². The molecule has 0 amide bonds. The molecule has 0 saturated heterocycles. The number of nitrogens with one attached hydrogen (secondary N) is 1. The molecule has 4 rings (SSSR count). The monoisotopic (exact) mass is 452 g/mol. The van der Waals surface area contributed by atoms with Gasteiger partial charge in [0.15, 0.2) is 5.82 Å². The lowest BCUT2D eigenvalue weighted by molar-refractivity contribution is 0.103. The Morgan fingerprint density at radius 3 is 2.64 bits per heavy atom. The van der Waals surface area contributed by atoms with E-state index >= 15 is 0 Å². The zero-order chi connectivity index (χ0) is 23.5. The van der Waals surface area contributed by atoms with Crippen molar-refractivity contribution in [1.29, 1.82) is 0 Å². The van der Waals surface area contributed by atoms with Gasteiger partial charge in [-0.1, -0.05) is 44.7 Å².